The van der Waals surface area contributed by atoms with E-state index in [1.54, 1.807) is 24.3 Å². The number of fused-ring (bicyclic) bond motifs is 1. The average Bonchev–Trinajstić information content (AvgIpc) is 2.97. The van der Waals surface area contributed by atoms with Crippen molar-refractivity contribution in [1.82, 2.24) is 0 Å². The van der Waals surface area contributed by atoms with Crippen molar-refractivity contribution in [3.63, 3.8) is 0 Å². The van der Waals surface area contributed by atoms with Crippen LogP contribution < -0.4 is 14.9 Å². The Morgan fingerprint density at radius 2 is 1.45 bits per heavy atom. The summed E-state index contributed by atoms with van der Waals surface area (Å²) in [5.41, 5.74) is 0.0115. The molecule has 10 atom stereocenters. The number of aliphatic hydroxyl groups excluding tert-OH is 6. The fourth-order valence-corrected chi connectivity index (χ4v) is 4.84. The number of hydrogen-bond acceptors (Lipinski definition) is 14. The minimum Gasteiger partial charge on any atom is -0.507 e. The molecule has 0 spiro atoms. The van der Waals surface area contributed by atoms with Crippen molar-refractivity contribution in [1.29, 1.82) is 0 Å². The predicted octanol–water partition coefficient (Wildman–Crippen LogP) is -0.795. The van der Waals surface area contributed by atoms with Crippen LogP contribution in [-0.4, -0.2) is 111 Å². The summed E-state index contributed by atoms with van der Waals surface area (Å²) in [6.45, 7) is 0.984. The van der Waals surface area contributed by atoms with E-state index in [9.17, 15) is 40.5 Å². The quantitative estimate of drug-likeness (QED) is 0.179. The molecule has 1 aromatic heterocycles. The van der Waals surface area contributed by atoms with Crippen LogP contribution in [0.15, 0.2) is 51.7 Å². The molecule has 3 heterocycles. The Bertz CT molecular complexity index is 1440. The van der Waals surface area contributed by atoms with Gasteiger partial charge in [-0.15, -0.1) is 0 Å². The molecule has 228 valence electrons. The Morgan fingerprint density at radius 1 is 0.786 bits per heavy atom. The predicted molar refractivity (Wildman–Crippen MR) is 142 cm³/mol. The van der Waals surface area contributed by atoms with Crippen LogP contribution in [0.3, 0.4) is 0 Å². The van der Waals surface area contributed by atoms with Crippen molar-refractivity contribution >= 4 is 11.0 Å². The van der Waals surface area contributed by atoms with E-state index < -0.39 is 79.2 Å². The highest BCUT2D eigenvalue weighted by molar-refractivity contribution is 5.86. The zero-order valence-electron chi connectivity index (χ0n) is 22.5. The number of rotatable bonds is 7. The van der Waals surface area contributed by atoms with Gasteiger partial charge in [0.15, 0.2) is 11.7 Å². The number of phenols is 1. The lowest BCUT2D eigenvalue weighted by molar-refractivity contribution is -0.318. The van der Waals surface area contributed by atoms with E-state index in [0.717, 1.165) is 6.07 Å². The Morgan fingerprint density at radius 3 is 2.14 bits per heavy atom. The third-order valence-electron chi connectivity index (χ3n) is 7.31. The molecule has 2 fully saturated rings. The molecular weight excluding hydrogens is 560 g/mol. The minimum atomic E-state index is -1.76. The van der Waals surface area contributed by atoms with Crippen LogP contribution in [0.4, 0.5) is 0 Å². The second kappa shape index (κ2) is 12.1. The maximum absolute atomic E-state index is 12.8. The summed E-state index contributed by atoms with van der Waals surface area (Å²) in [7, 11) is 1.52. The van der Waals surface area contributed by atoms with E-state index in [4.69, 9.17) is 28.1 Å². The van der Waals surface area contributed by atoms with Crippen molar-refractivity contribution in [2.45, 2.75) is 68.3 Å². The second-order valence-corrected chi connectivity index (χ2v) is 10.2. The third kappa shape index (κ3) is 5.81. The molecule has 2 aromatic carbocycles. The van der Waals surface area contributed by atoms with Gasteiger partial charge in [-0.05, 0) is 31.2 Å². The van der Waals surface area contributed by atoms with Gasteiger partial charge in [0, 0.05) is 23.8 Å². The highest BCUT2D eigenvalue weighted by Crippen LogP contribution is 2.34. The standard InChI is InChI=1S/C28H32O14/c1-11-21(31)23(33)25(35)27(39-11)38-10-19-22(32)24(34)26(36)28(42-19)40-14-7-15(29)20-16(30)9-17(41-18(20)8-14)12-3-5-13(37-2)6-4-12/h3-9,11,19,21-29,31-36H,10H2,1-2H3/t11?,19?,21-,22+,23-,24+,25?,26?,27+,28+/m0/s1. The van der Waals surface area contributed by atoms with Gasteiger partial charge in [-0.25, -0.2) is 0 Å². The van der Waals surface area contributed by atoms with Crippen LogP contribution in [0.5, 0.6) is 17.2 Å². The van der Waals surface area contributed by atoms with Crippen LogP contribution in [0, 0.1) is 0 Å². The van der Waals surface area contributed by atoms with Crippen LogP contribution in [0.25, 0.3) is 22.3 Å². The first-order valence-electron chi connectivity index (χ1n) is 13.1. The van der Waals surface area contributed by atoms with E-state index in [0.29, 0.717) is 11.3 Å². The molecule has 14 heteroatoms. The molecule has 4 unspecified atom stereocenters. The molecule has 2 saturated heterocycles. The zero-order chi connectivity index (χ0) is 30.3. The summed E-state index contributed by atoms with van der Waals surface area (Å²) in [6, 6.07) is 10.4. The van der Waals surface area contributed by atoms with Gasteiger partial charge in [0.25, 0.3) is 0 Å². The number of benzene rings is 2. The van der Waals surface area contributed by atoms with Gasteiger partial charge >= 0.3 is 0 Å². The number of ether oxygens (including phenoxy) is 5. The van der Waals surface area contributed by atoms with Gasteiger partial charge in [-0.2, -0.15) is 0 Å². The Kier molecular flexibility index (Phi) is 8.71. The molecule has 0 bridgehead atoms. The highest BCUT2D eigenvalue weighted by Gasteiger charge is 2.47. The molecule has 0 saturated carbocycles. The van der Waals surface area contributed by atoms with Gasteiger partial charge < -0.3 is 63.8 Å². The third-order valence-corrected chi connectivity index (χ3v) is 7.31. The average molecular weight is 593 g/mol. The summed E-state index contributed by atoms with van der Waals surface area (Å²) in [6.07, 6.45) is -14.8. The van der Waals surface area contributed by atoms with E-state index in [1.807, 2.05) is 0 Å². The van der Waals surface area contributed by atoms with Gasteiger partial charge in [-0.3, -0.25) is 4.79 Å². The number of aliphatic hydroxyl groups is 6. The van der Waals surface area contributed by atoms with Crippen LogP contribution in [0.1, 0.15) is 6.92 Å². The normalized spacial score (nSPS) is 33.4. The molecule has 3 aromatic rings. The smallest absolute Gasteiger partial charge is 0.229 e. The molecule has 0 aliphatic carbocycles. The summed E-state index contributed by atoms with van der Waals surface area (Å²) in [5.74, 6) is 0.238. The Hall–Kier alpha value is -3.31. The number of methoxy groups -OCH3 is 1. The number of hydrogen-bond donors (Lipinski definition) is 7. The van der Waals surface area contributed by atoms with Gasteiger partial charge in [0.1, 0.15) is 76.7 Å². The second-order valence-electron chi connectivity index (χ2n) is 10.2. The maximum Gasteiger partial charge on any atom is 0.229 e. The van der Waals surface area contributed by atoms with E-state index >= 15 is 0 Å². The van der Waals surface area contributed by atoms with E-state index in [1.165, 1.54) is 26.2 Å². The zero-order valence-corrected chi connectivity index (χ0v) is 22.5. The lowest BCUT2D eigenvalue weighted by Gasteiger charge is -2.42. The van der Waals surface area contributed by atoms with Gasteiger partial charge in [0.2, 0.25) is 6.29 Å². The molecule has 0 radical (unpaired) electrons. The molecular formula is C28H32O14. The van der Waals surface area contributed by atoms with Crippen molar-refractivity contribution in [2.75, 3.05) is 13.7 Å². The molecule has 42 heavy (non-hydrogen) atoms. The summed E-state index contributed by atoms with van der Waals surface area (Å²) < 4.78 is 33.2. The van der Waals surface area contributed by atoms with Crippen molar-refractivity contribution in [2.24, 2.45) is 0 Å². The van der Waals surface area contributed by atoms with Gasteiger partial charge in [0.05, 0.1) is 19.8 Å². The van der Waals surface area contributed by atoms with E-state index in [2.05, 4.69) is 0 Å². The number of aromatic hydroxyl groups is 1. The van der Waals surface area contributed by atoms with E-state index in [-0.39, 0.29) is 22.5 Å². The minimum absolute atomic E-state index is 0.0348. The lowest BCUT2D eigenvalue weighted by atomic mass is 9.98. The summed E-state index contributed by atoms with van der Waals surface area (Å²) in [4.78, 5) is 12.8. The first-order chi connectivity index (χ1) is 20.0. The van der Waals surface area contributed by atoms with Gasteiger partial charge in [-0.1, -0.05) is 0 Å². The fourth-order valence-electron chi connectivity index (χ4n) is 4.84. The van der Waals surface area contributed by atoms with Crippen molar-refractivity contribution in [3.8, 4) is 28.6 Å². The van der Waals surface area contributed by atoms with Crippen LogP contribution in [-0.2, 0) is 14.2 Å². The highest BCUT2D eigenvalue weighted by atomic mass is 16.7. The Balaban J connectivity index is 1.35. The summed E-state index contributed by atoms with van der Waals surface area (Å²) in [5, 5.41) is 71.9. The van der Waals surface area contributed by atoms with Crippen LogP contribution >= 0.6 is 0 Å². The summed E-state index contributed by atoms with van der Waals surface area (Å²) >= 11 is 0. The molecule has 7 N–H and O–H groups in total. The van der Waals surface area contributed by atoms with Crippen molar-refractivity contribution in [3.05, 3.63) is 52.7 Å². The first-order valence-corrected chi connectivity index (χ1v) is 13.1. The largest absolute Gasteiger partial charge is 0.507 e. The molecule has 2 aliphatic rings. The van der Waals surface area contributed by atoms with Crippen LogP contribution in [0.2, 0.25) is 0 Å². The molecule has 5 rings (SSSR count). The topological polar surface area (TPSA) is 218 Å². The Labute approximate surface area is 238 Å². The fraction of sp³-hybridized carbons (Fsp3) is 0.464. The van der Waals surface area contributed by atoms with Crippen molar-refractivity contribution < 1.29 is 63.8 Å². The molecule has 0 amide bonds. The SMILES string of the molecule is COc1ccc(-c2cc(=O)c3c(O)cc(O[C@@H]4OC(CO[C@@H]5OC(C)[C@H](O)[C@H](O)C5O)[C@@H](O)[C@@H](O)C4O)cc3o2)cc1. The lowest BCUT2D eigenvalue weighted by Crippen LogP contribution is -2.61. The first kappa shape index (κ1) is 30.2. The molecule has 2 aliphatic heterocycles. The number of phenolic OH excluding ortho intramolecular Hbond substituents is 1. The maximum atomic E-state index is 12.8. The monoisotopic (exact) mass is 592 g/mol. The molecule has 14 nitrogen and oxygen atoms in total.